The standard InChI is InChI=1S/C13H14N2O3S.C13H14N2O2S.C13H14N2OS/c1-19(17,18)13-8-4-7-12(15-13)14-9-10-5-2-3-6-11(10)16;1-18(17)13-8-4-7-12(15-13)14-9-10-5-2-3-6-11(10)16;1-17-13-8-4-7-12(15-13)14-9-10-5-2-3-6-11(10)16/h2-8,16H,9H2,1H3,(H,14,15);2-8,16H,9H2,1H3,(H,14,15);2-8,16H,9H2,1H3,(H,14,15). The quantitative estimate of drug-likeness (QED) is 0.0693. The van der Waals surface area contributed by atoms with Gasteiger partial charge < -0.3 is 31.3 Å². The largest absolute Gasteiger partial charge is 0.508 e. The van der Waals surface area contributed by atoms with Gasteiger partial charge in [-0.25, -0.2) is 23.4 Å². The van der Waals surface area contributed by atoms with Crippen molar-refractivity contribution in [1.29, 1.82) is 0 Å². The molecule has 3 aromatic carbocycles. The fourth-order valence-corrected chi connectivity index (χ4v) is 6.05. The van der Waals surface area contributed by atoms with E-state index >= 15 is 0 Å². The van der Waals surface area contributed by atoms with Gasteiger partial charge in [-0.15, -0.1) is 11.8 Å². The number of pyridine rings is 3. The molecular weight excluding hydrogens is 745 g/mol. The van der Waals surface area contributed by atoms with Crippen LogP contribution in [0.4, 0.5) is 17.5 Å². The van der Waals surface area contributed by atoms with E-state index < -0.39 is 20.6 Å². The highest BCUT2D eigenvalue weighted by Crippen LogP contribution is 2.20. The van der Waals surface area contributed by atoms with E-state index in [1.54, 1.807) is 84.7 Å². The number of phenolic OH excluding ortho intramolecular Hbond substituents is 3. The monoisotopic (exact) mass is 786 g/mol. The molecule has 1 atom stereocenters. The number of nitrogens with zero attached hydrogens (tertiary/aromatic N) is 3. The SMILES string of the molecule is CS(=O)(=O)c1cccc(NCc2ccccc2O)n1.CS(=O)c1cccc(NCc2ccccc2O)n1.CSc1cccc(NCc2ccccc2O)n1. The summed E-state index contributed by atoms with van der Waals surface area (Å²) in [5, 5.41) is 39.7. The van der Waals surface area contributed by atoms with Gasteiger partial charge in [0.1, 0.15) is 39.7 Å². The Balaban J connectivity index is 0.000000181. The molecule has 0 aliphatic carbocycles. The van der Waals surface area contributed by atoms with Gasteiger partial charge in [0, 0.05) is 48.8 Å². The fraction of sp³-hybridized carbons (Fsp3) is 0.154. The van der Waals surface area contributed by atoms with Crippen molar-refractivity contribution < 1.29 is 27.9 Å². The van der Waals surface area contributed by atoms with E-state index in [1.807, 2.05) is 60.9 Å². The Labute approximate surface area is 322 Å². The van der Waals surface area contributed by atoms with E-state index in [-0.39, 0.29) is 16.5 Å². The maximum atomic E-state index is 11.4. The Morgan fingerprint density at radius 1 is 0.574 bits per heavy atom. The smallest absolute Gasteiger partial charge is 0.192 e. The molecule has 0 saturated heterocycles. The van der Waals surface area contributed by atoms with Gasteiger partial charge in [0.15, 0.2) is 14.9 Å². The second kappa shape index (κ2) is 20.6. The highest BCUT2D eigenvalue weighted by atomic mass is 32.2. The molecule has 282 valence electrons. The number of nitrogens with one attached hydrogen (secondary N) is 3. The Bertz CT molecular complexity index is 2260. The van der Waals surface area contributed by atoms with Crippen molar-refractivity contribution in [2.75, 3.05) is 34.7 Å². The summed E-state index contributed by atoms with van der Waals surface area (Å²) in [5.41, 5.74) is 2.38. The third-order valence-corrected chi connectivity index (χ3v) is 9.86. The van der Waals surface area contributed by atoms with Crippen molar-refractivity contribution >= 4 is 49.9 Å². The summed E-state index contributed by atoms with van der Waals surface area (Å²) in [6.07, 6.45) is 4.70. The van der Waals surface area contributed by atoms with Crippen LogP contribution in [0.25, 0.3) is 0 Å². The Hall–Kier alpha value is -5.64. The van der Waals surface area contributed by atoms with E-state index in [1.165, 1.54) is 6.07 Å². The minimum Gasteiger partial charge on any atom is -0.508 e. The number of anilines is 3. The second-order valence-corrected chi connectivity index (χ2v) is 15.6. The lowest BCUT2D eigenvalue weighted by Gasteiger charge is -2.08. The van der Waals surface area contributed by atoms with Crippen LogP contribution in [-0.2, 0) is 40.3 Å². The number of benzene rings is 3. The first-order valence-corrected chi connectivity index (χ1v) is 21.1. The molecule has 6 aromatic rings. The molecule has 0 aliphatic rings. The number of thioether (sulfide) groups is 1. The lowest BCUT2D eigenvalue weighted by molar-refractivity contribution is 0.468. The van der Waals surface area contributed by atoms with Gasteiger partial charge in [-0.05, 0) is 60.9 Å². The van der Waals surface area contributed by atoms with Crippen molar-refractivity contribution in [3.63, 3.8) is 0 Å². The molecule has 12 nitrogen and oxygen atoms in total. The average Bonchev–Trinajstić information content (AvgIpc) is 3.17. The van der Waals surface area contributed by atoms with Crippen LogP contribution in [0, 0.1) is 0 Å². The van der Waals surface area contributed by atoms with Gasteiger partial charge in [0.2, 0.25) is 0 Å². The van der Waals surface area contributed by atoms with Gasteiger partial charge in [-0.1, -0.05) is 72.8 Å². The number of aromatic nitrogens is 3. The van der Waals surface area contributed by atoms with Gasteiger partial charge in [-0.2, -0.15) is 0 Å². The molecule has 0 saturated carbocycles. The molecule has 0 amide bonds. The van der Waals surface area contributed by atoms with Crippen LogP contribution in [0.2, 0.25) is 0 Å². The van der Waals surface area contributed by atoms with Crippen LogP contribution < -0.4 is 16.0 Å². The van der Waals surface area contributed by atoms with Crippen molar-refractivity contribution in [1.82, 2.24) is 15.0 Å². The molecule has 1 unspecified atom stereocenters. The van der Waals surface area contributed by atoms with E-state index in [2.05, 4.69) is 30.9 Å². The zero-order valence-corrected chi connectivity index (χ0v) is 32.3. The number of rotatable bonds is 12. The van der Waals surface area contributed by atoms with Crippen molar-refractivity contribution in [3.05, 3.63) is 144 Å². The number of phenols is 3. The topological polar surface area (TPSA) is 187 Å². The first kappa shape index (κ1) is 41.1. The van der Waals surface area contributed by atoms with Crippen LogP contribution in [0.5, 0.6) is 17.2 Å². The molecule has 54 heavy (non-hydrogen) atoms. The molecule has 0 fully saturated rings. The maximum absolute atomic E-state index is 11.4. The van der Waals surface area contributed by atoms with E-state index in [0.29, 0.717) is 47.6 Å². The minimum atomic E-state index is -3.32. The summed E-state index contributed by atoms with van der Waals surface area (Å²) in [6.45, 7) is 1.41. The van der Waals surface area contributed by atoms with Crippen molar-refractivity contribution in [2.45, 2.75) is 34.7 Å². The van der Waals surface area contributed by atoms with Crippen LogP contribution in [0.15, 0.2) is 142 Å². The highest BCUT2D eigenvalue weighted by molar-refractivity contribution is 7.98. The van der Waals surface area contributed by atoms with Crippen LogP contribution >= 0.6 is 11.8 Å². The second-order valence-electron chi connectivity index (χ2n) is 11.5. The molecule has 6 N–H and O–H groups in total. The normalized spacial score (nSPS) is 11.2. The van der Waals surface area contributed by atoms with Crippen molar-refractivity contribution in [3.8, 4) is 17.2 Å². The van der Waals surface area contributed by atoms with Gasteiger partial charge in [-0.3, -0.25) is 4.21 Å². The maximum Gasteiger partial charge on any atom is 0.192 e. The molecule has 15 heteroatoms. The van der Waals surface area contributed by atoms with Crippen LogP contribution in [0.1, 0.15) is 16.7 Å². The third-order valence-electron chi connectivity index (χ3n) is 7.41. The van der Waals surface area contributed by atoms with E-state index in [4.69, 9.17) is 0 Å². The zero-order valence-electron chi connectivity index (χ0n) is 29.9. The van der Waals surface area contributed by atoms with Gasteiger partial charge >= 0.3 is 0 Å². The predicted octanol–water partition coefficient (Wildman–Crippen LogP) is 7.06. The van der Waals surface area contributed by atoms with Crippen LogP contribution in [-0.4, -0.2) is 61.7 Å². The molecule has 3 aromatic heterocycles. The third kappa shape index (κ3) is 13.4. The zero-order chi connectivity index (χ0) is 38.9. The van der Waals surface area contributed by atoms with E-state index in [0.717, 1.165) is 28.2 Å². The minimum absolute atomic E-state index is 0.0229. The fourth-order valence-electron chi connectivity index (χ4n) is 4.56. The van der Waals surface area contributed by atoms with Crippen molar-refractivity contribution in [2.24, 2.45) is 0 Å². The Morgan fingerprint density at radius 3 is 1.41 bits per heavy atom. The molecule has 3 heterocycles. The number of aromatic hydroxyl groups is 3. The summed E-state index contributed by atoms with van der Waals surface area (Å²) >= 11 is 1.61. The lowest BCUT2D eigenvalue weighted by atomic mass is 10.2. The molecule has 0 spiro atoms. The first-order valence-electron chi connectivity index (χ1n) is 16.4. The number of para-hydroxylation sites is 3. The molecule has 0 bridgehead atoms. The molecule has 0 radical (unpaired) electrons. The molecule has 6 rings (SSSR count). The summed E-state index contributed by atoms with van der Waals surface area (Å²) in [5.74, 6) is 2.66. The summed E-state index contributed by atoms with van der Waals surface area (Å²) in [4.78, 5) is 12.6. The van der Waals surface area contributed by atoms with Gasteiger partial charge in [0.25, 0.3) is 0 Å². The summed E-state index contributed by atoms with van der Waals surface area (Å²) < 4.78 is 34.1. The first-order chi connectivity index (χ1) is 25.9. The van der Waals surface area contributed by atoms with Gasteiger partial charge in [0.05, 0.1) is 15.8 Å². The highest BCUT2D eigenvalue weighted by Gasteiger charge is 2.09. The van der Waals surface area contributed by atoms with Crippen LogP contribution in [0.3, 0.4) is 0 Å². The average molecular weight is 787 g/mol. The lowest BCUT2D eigenvalue weighted by Crippen LogP contribution is -2.05. The molecular formula is C39H42N6O6S3. The number of hydrogen-bond acceptors (Lipinski definition) is 13. The Kier molecular flexibility index (Phi) is 15.7. The summed E-state index contributed by atoms with van der Waals surface area (Å²) in [7, 11) is -4.41. The Morgan fingerprint density at radius 2 is 0.981 bits per heavy atom. The molecule has 0 aliphatic heterocycles. The summed E-state index contributed by atoms with van der Waals surface area (Å²) in [6, 6.07) is 37.3. The number of sulfone groups is 1. The predicted molar refractivity (Wildman–Crippen MR) is 216 cm³/mol. The number of hydrogen-bond donors (Lipinski definition) is 6. The van der Waals surface area contributed by atoms with E-state index in [9.17, 15) is 27.9 Å².